The minimum atomic E-state index is -0.312. The van der Waals surface area contributed by atoms with E-state index in [1.807, 2.05) is 6.92 Å². The minimum absolute atomic E-state index is 0.208. The Kier molecular flexibility index (Phi) is 5.18. The largest absolute Gasteiger partial charge is 0.486 e. The summed E-state index contributed by atoms with van der Waals surface area (Å²) in [6.45, 7) is 3.52. The second-order valence-electron chi connectivity index (χ2n) is 5.61. The molecule has 0 aromatic heterocycles. The first-order valence-electron chi connectivity index (χ1n) is 8.27. The third-order valence-corrected chi connectivity index (χ3v) is 3.76. The summed E-state index contributed by atoms with van der Waals surface area (Å²) in [6.07, 6.45) is 0.845. The van der Waals surface area contributed by atoms with E-state index in [2.05, 4.69) is 10.6 Å². The Balaban J connectivity index is 1.78. The van der Waals surface area contributed by atoms with Crippen molar-refractivity contribution in [2.45, 2.75) is 13.3 Å². The first-order valence-corrected chi connectivity index (χ1v) is 8.27. The van der Waals surface area contributed by atoms with Crippen molar-refractivity contribution in [3.8, 4) is 11.5 Å². The van der Waals surface area contributed by atoms with E-state index in [-0.39, 0.29) is 11.8 Å². The lowest BCUT2D eigenvalue weighted by atomic mass is 10.1. The SMILES string of the molecule is CCCNC(=O)c1ccccc1NC(=O)c1ccc2c(c1)OCCO2. The van der Waals surface area contributed by atoms with Gasteiger partial charge in [0.2, 0.25) is 0 Å². The van der Waals surface area contributed by atoms with E-state index in [0.717, 1.165) is 6.42 Å². The van der Waals surface area contributed by atoms with Gasteiger partial charge in [-0.05, 0) is 36.8 Å². The molecule has 0 fully saturated rings. The van der Waals surface area contributed by atoms with Gasteiger partial charge >= 0.3 is 0 Å². The highest BCUT2D eigenvalue weighted by molar-refractivity contribution is 6.09. The minimum Gasteiger partial charge on any atom is -0.486 e. The summed E-state index contributed by atoms with van der Waals surface area (Å²) in [5.74, 6) is 0.655. The normalized spacial score (nSPS) is 12.4. The van der Waals surface area contributed by atoms with Crippen molar-refractivity contribution in [1.29, 1.82) is 0 Å². The third-order valence-electron chi connectivity index (χ3n) is 3.76. The van der Waals surface area contributed by atoms with E-state index in [1.54, 1.807) is 42.5 Å². The Morgan fingerprint density at radius 2 is 1.76 bits per heavy atom. The quantitative estimate of drug-likeness (QED) is 0.877. The number of ether oxygens (including phenoxy) is 2. The number of hydrogen-bond donors (Lipinski definition) is 2. The summed E-state index contributed by atoms with van der Waals surface area (Å²) in [5, 5.41) is 5.61. The molecular weight excluding hydrogens is 320 g/mol. The van der Waals surface area contributed by atoms with E-state index >= 15 is 0 Å². The van der Waals surface area contributed by atoms with Crippen LogP contribution in [-0.4, -0.2) is 31.6 Å². The molecule has 1 heterocycles. The second kappa shape index (κ2) is 7.70. The number of benzene rings is 2. The van der Waals surface area contributed by atoms with E-state index < -0.39 is 0 Å². The van der Waals surface area contributed by atoms with Crippen molar-refractivity contribution in [2.75, 3.05) is 25.1 Å². The zero-order chi connectivity index (χ0) is 17.6. The van der Waals surface area contributed by atoms with Crippen molar-refractivity contribution < 1.29 is 19.1 Å². The Morgan fingerprint density at radius 3 is 2.56 bits per heavy atom. The number of rotatable bonds is 5. The van der Waals surface area contributed by atoms with Crippen LogP contribution in [0.5, 0.6) is 11.5 Å². The van der Waals surface area contributed by atoms with Crippen LogP contribution in [0.2, 0.25) is 0 Å². The van der Waals surface area contributed by atoms with Crippen LogP contribution >= 0.6 is 0 Å². The number of carbonyl (C=O) groups excluding carboxylic acids is 2. The Labute approximate surface area is 146 Å². The van der Waals surface area contributed by atoms with E-state index in [0.29, 0.717) is 48.1 Å². The molecule has 130 valence electrons. The molecule has 2 aromatic rings. The first kappa shape index (κ1) is 16.8. The summed E-state index contributed by atoms with van der Waals surface area (Å²) in [6, 6.07) is 12.0. The molecule has 25 heavy (non-hydrogen) atoms. The van der Waals surface area contributed by atoms with Gasteiger partial charge in [0.05, 0.1) is 11.3 Å². The third kappa shape index (κ3) is 3.91. The van der Waals surface area contributed by atoms with Crippen LogP contribution in [0.25, 0.3) is 0 Å². The topological polar surface area (TPSA) is 76.7 Å². The number of anilines is 1. The van der Waals surface area contributed by atoms with Gasteiger partial charge in [-0.15, -0.1) is 0 Å². The molecule has 0 spiro atoms. The molecule has 0 bridgehead atoms. The van der Waals surface area contributed by atoms with Gasteiger partial charge in [0.15, 0.2) is 11.5 Å². The van der Waals surface area contributed by atoms with Crippen LogP contribution in [0, 0.1) is 0 Å². The molecule has 1 aliphatic heterocycles. The Hall–Kier alpha value is -3.02. The number of fused-ring (bicyclic) bond motifs is 1. The molecule has 2 amide bonds. The van der Waals surface area contributed by atoms with Gasteiger partial charge in [0, 0.05) is 12.1 Å². The predicted molar refractivity (Wildman–Crippen MR) is 94.5 cm³/mol. The van der Waals surface area contributed by atoms with Gasteiger partial charge in [-0.3, -0.25) is 9.59 Å². The van der Waals surface area contributed by atoms with Gasteiger partial charge < -0.3 is 20.1 Å². The van der Waals surface area contributed by atoms with Crippen LogP contribution in [0.4, 0.5) is 5.69 Å². The maximum absolute atomic E-state index is 12.5. The van der Waals surface area contributed by atoms with E-state index in [1.165, 1.54) is 0 Å². The number of nitrogens with one attached hydrogen (secondary N) is 2. The van der Waals surface area contributed by atoms with Gasteiger partial charge in [0.25, 0.3) is 11.8 Å². The van der Waals surface area contributed by atoms with Gasteiger partial charge in [0.1, 0.15) is 13.2 Å². The molecule has 0 saturated heterocycles. The number of hydrogen-bond acceptors (Lipinski definition) is 4. The first-order chi connectivity index (χ1) is 12.2. The fourth-order valence-electron chi connectivity index (χ4n) is 2.50. The van der Waals surface area contributed by atoms with Crippen molar-refractivity contribution in [2.24, 2.45) is 0 Å². The molecule has 2 aromatic carbocycles. The van der Waals surface area contributed by atoms with Crippen LogP contribution in [0.1, 0.15) is 34.1 Å². The van der Waals surface area contributed by atoms with Crippen molar-refractivity contribution >= 4 is 17.5 Å². The Morgan fingerprint density at radius 1 is 1.00 bits per heavy atom. The average Bonchev–Trinajstić information content (AvgIpc) is 2.66. The lowest BCUT2D eigenvalue weighted by Crippen LogP contribution is -2.25. The molecule has 0 unspecified atom stereocenters. The highest BCUT2D eigenvalue weighted by Gasteiger charge is 2.17. The molecule has 6 heteroatoms. The number of amides is 2. The van der Waals surface area contributed by atoms with Crippen LogP contribution < -0.4 is 20.1 Å². The molecule has 0 atom stereocenters. The summed E-state index contributed by atoms with van der Waals surface area (Å²) in [7, 11) is 0. The average molecular weight is 340 g/mol. The highest BCUT2D eigenvalue weighted by atomic mass is 16.6. The van der Waals surface area contributed by atoms with Crippen molar-refractivity contribution in [1.82, 2.24) is 5.32 Å². The number of para-hydroxylation sites is 1. The summed E-state index contributed by atoms with van der Waals surface area (Å²) >= 11 is 0. The number of carbonyl (C=O) groups is 2. The molecule has 6 nitrogen and oxygen atoms in total. The zero-order valence-electron chi connectivity index (χ0n) is 14.0. The molecule has 0 radical (unpaired) electrons. The van der Waals surface area contributed by atoms with E-state index in [4.69, 9.17) is 9.47 Å². The fourth-order valence-corrected chi connectivity index (χ4v) is 2.50. The summed E-state index contributed by atoms with van der Waals surface area (Å²) < 4.78 is 11.0. The lowest BCUT2D eigenvalue weighted by Gasteiger charge is -2.19. The van der Waals surface area contributed by atoms with E-state index in [9.17, 15) is 9.59 Å². The standard InChI is InChI=1S/C19H20N2O4/c1-2-9-20-19(23)14-5-3-4-6-15(14)21-18(22)13-7-8-16-17(12-13)25-11-10-24-16/h3-8,12H,2,9-11H2,1H3,(H,20,23)(H,21,22). The molecule has 0 saturated carbocycles. The predicted octanol–water partition coefficient (Wildman–Crippen LogP) is 2.85. The zero-order valence-corrected chi connectivity index (χ0v) is 14.0. The maximum Gasteiger partial charge on any atom is 0.255 e. The molecule has 3 rings (SSSR count). The fraction of sp³-hybridized carbons (Fsp3) is 0.263. The second-order valence-corrected chi connectivity index (χ2v) is 5.61. The van der Waals surface area contributed by atoms with Crippen molar-refractivity contribution in [3.63, 3.8) is 0 Å². The molecule has 2 N–H and O–H groups in total. The smallest absolute Gasteiger partial charge is 0.255 e. The molecule has 0 aliphatic carbocycles. The highest BCUT2D eigenvalue weighted by Crippen LogP contribution is 2.31. The van der Waals surface area contributed by atoms with Crippen molar-refractivity contribution in [3.05, 3.63) is 53.6 Å². The molecular formula is C19H20N2O4. The van der Waals surface area contributed by atoms with Gasteiger partial charge in [-0.25, -0.2) is 0 Å². The Bertz CT molecular complexity index is 789. The van der Waals surface area contributed by atoms with Gasteiger partial charge in [-0.2, -0.15) is 0 Å². The lowest BCUT2D eigenvalue weighted by molar-refractivity contribution is 0.0954. The maximum atomic E-state index is 12.5. The van der Waals surface area contributed by atoms with Crippen LogP contribution in [0.3, 0.4) is 0 Å². The van der Waals surface area contributed by atoms with Crippen LogP contribution in [0.15, 0.2) is 42.5 Å². The van der Waals surface area contributed by atoms with Crippen LogP contribution in [-0.2, 0) is 0 Å². The van der Waals surface area contributed by atoms with Gasteiger partial charge in [-0.1, -0.05) is 19.1 Å². The summed E-state index contributed by atoms with van der Waals surface area (Å²) in [5.41, 5.74) is 1.34. The monoisotopic (exact) mass is 340 g/mol. The summed E-state index contributed by atoms with van der Waals surface area (Å²) in [4.78, 5) is 24.8. The molecule has 1 aliphatic rings.